The molecule has 0 aliphatic rings. The number of rotatable bonds is 19. The van der Waals surface area contributed by atoms with Gasteiger partial charge in [0, 0.05) is 11.9 Å². The van der Waals surface area contributed by atoms with Gasteiger partial charge in [-0.25, -0.2) is 0 Å². The van der Waals surface area contributed by atoms with Crippen LogP contribution in [0.15, 0.2) is 0 Å². The van der Waals surface area contributed by atoms with Gasteiger partial charge in [-0.3, -0.25) is 0 Å². The Labute approximate surface area is 245 Å². The molecule has 0 rings (SSSR count). The van der Waals surface area contributed by atoms with E-state index in [1.54, 1.807) is 0 Å². The molecule has 26 heavy (non-hydrogen) atoms. The third-order valence-corrected chi connectivity index (χ3v) is 4.51. The van der Waals surface area contributed by atoms with Crippen LogP contribution in [0.5, 0.6) is 0 Å². The van der Waals surface area contributed by atoms with Gasteiger partial charge in [0.2, 0.25) is 0 Å². The normalized spacial score (nSPS) is 10.0. The van der Waals surface area contributed by atoms with Gasteiger partial charge in [0.1, 0.15) is 0 Å². The Bertz CT molecular complexity index is 282. The van der Waals surface area contributed by atoms with Crippen LogP contribution in [-0.2, 0) is 9.59 Å². The summed E-state index contributed by atoms with van der Waals surface area (Å²) in [5.41, 5.74) is 0. The van der Waals surface area contributed by atoms with Crippen LogP contribution in [0.1, 0.15) is 116 Å². The third-order valence-electron chi connectivity index (χ3n) is 4.51. The maximum absolute atomic E-state index is 10.2. The first kappa shape index (κ1) is 32.9. The summed E-state index contributed by atoms with van der Waals surface area (Å²) in [6.07, 6.45) is 19.2. The average molecular weight is 419 g/mol. The molecule has 0 radical (unpaired) electrons. The number of carboxylic acids is 2. The predicted molar refractivity (Wildman–Crippen MR) is 93.1 cm³/mol. The Balaban J connectivity index is -0.00000264. The van der Waals surface area contributed by atoms with E-state index in [9.17, 15) is 19.8 Å². The summed E-state index contributed by atoms with van der Waals surface area (Å²) >= 11 is 0. The van der Waals surface area contributed by atoms with Crippen molar-refractivity contribution in [2.75, 3.05) is 0 Å². The number of carbonyl (C=O) groups excluding carboxylic acids is 2. The minimum Gasteiger partial charge on any atom is -0.550 e. The molecule has 0 bridgehead atoms. The molecule has 0 heterocycles. The van der Waals surface area contributed by atoms with Gasteiger partial charge in [0.05, 0.1) is 0 Å². The Morgan fingerprint density at radius 2 is 0.538 bits per heavy atom. The maximum atomic E-state index is 10.2. The Hall–Kier alpha value is 2.21. The second-order valence-corrected chi connectivity index (χ2v) is 6.90. The molecule has 0 aliphatic heterocycles. The summed E-state index contributed by atoms with van der Waals surface area (Å²) in [6.45, 7) is 0. The maximum Gasteiger partial charge on any atom is 1.00 e. The molecule has 0 aromatic rings. The fourth-order valence-corrected chi connectivity index (χ4v) is 3.01. The Morgan fingerprint density at radius 1 is 0.385 bits per heavy atom. The van der Waals surface area contributed by atoms with Crippen molar-refractivity contribution in [1.29, 1.82) is 0 Å². The van der Waals surface area contributed by atoms with Crippen LogP contribution in [0.3, 0.4) is 0 Å². The van der Waals surface area contributed by atoms with Crippen molar-refractivity contribution in [2.24, 2.45) is 0 Å². The minimum absolute atomic E-state index is 0. The molecule has 0 aliphatic carbocycles. The van der Waals surface area contributed by atoms with Crippen LogP contribution in [0, 0.1) is 0 Å². The van der Waals surface area contributed by atoms with E-state index in [1.807, 2.05) is 0 Å². The van der Waals surface area contributed by atoms with Gasteiger partial charge in [-0.1, -0.05) is 89.9 Å². The topological polar surface area (TPSA) is 80.3 Å². The molecule has 0 aromatic heterocycles. The molecule has 0 fully saturated rings. The molecule has 0 amide bonds. The molecule has 0 saturated heterocycles. The summed E-state index contributed by atoms with van der Waals surface area (Å²) in [6, 6.07) is 0. The minimum atomic E-state index is -0.925. The van der Waals surface area contributed by atoms with E-state index in [1.165, 1.54) is 64.2 Å². The number of hydrogen-bond acceptors (Lipinski definition) is 4. The molecule has 6 heteroatoms. The largest absolute Gasteiger partial charge is 1.00 e. The van der Waals surface area contributed by atoms with Crippen molar-refractivity contribution in [2.45, 2.75) is 116 Å². The van der Waals surface area contributed by atoms with Gasteiger partial charge in [0.25, 0.3) is 0 Å². The molecule has 0 aromatic carbocycles. The average Bonchev–Trinajstić information content (AvgIpc) is 2.53. The van der Waals surface area contributed by atoms with E-state index >= 15 is 0 Å². The first-order valence-corrected chi connectivity index (χ1v) is 10.0. The van der Waals surface area contributed by atoms with Gasteiger partial charge in [-0.15, -0.1) is 0 Å². The van der Waals surface area contributed by atoms with Gasteiger partial charge in [-0.05, 0) is 25.7 Å². The monoisotopic (exact) mass is 418 g/mol. The van der Waals surface area contributed by atoms with Crippen molar-refractivity contribution in [3.05, 3.63) is 0 Å². The van der Waals surface area contributed by atoms with Crippen LogP contribution in [0.2, 0.25) is 0 Å². The summed E-state index contributed by atoms with van der Waals surface area (Å²) in [5.74, 6) is -1.85. The Kier molecular flexibility index (Phi) is 34.4. The summed E-state index contributed by atoms with van der Waals surface area (Å²) in [7, 11) is 0. The molecule has 0 unspecified atom stereocenters. The second-order valence-electron chi connectivity index (χ2n) is 6.90. The number of unbranched alkanes of at least 4 members (excludes halogenated alkanes) is 15. The summed E-state index contributed by atoms with van der Waals surface area (Å²) in [5, 5.41) is 20.5. The number of aliphatic carboxylic acids is 2. The van der Waals surface area contributed by atoms with E-state index in [-0.39, 0.29) is 116 Å². The summed E-state index contributed by atoms with van der Waals surface area (Å²) in [4.78, 5) is 20.5. The molecular formula is C20H36K2O4. The fourth-order valence-electron chi connectivity index (χ4n) is 3.01. The number of carboxylic acid groups (broad SMARTS) is 2. The fraction of sp³-hybridized carbons (Fsp3) is 0.900. The first-order valence-electron chi connectivity index (χ1n) is 10.0. The standard InChI is InChI=1S/C20H38O4.2K/c21-19(22)17-15-13-11-9-7-5-3-1-2-4-6-8-10-12-14-16-18-20(23)24;;/h1-18H2,(H,21,22)(H,23,24);;/q;2*+1/p-2. The van der Waals surface area contributed by atoms with Crippen molar-refractivity contribution in [3.8, 4) is 0 Å². The van der Waals surface area contributed by atoms with Gasteiger partial charge < -0.3 is 19.8 Å². The van der Waals surface area contributed by atoms with Crippen molar-refractivity contribution < 1.29 is 123 Å². The third kappa shape index (κ3) is 30.9. The number of carbonyl (C=O) groups is 2. The van der Waals surface area contributed by atoms with Gasteiger partial charge >= 0.3 is 103 Å². The summed E-state index contributed by atoms with van der Waals surface area (Å²) < 4.78 is 0. The molecule has 142 valence electrons. The Morgan fingerprint density at radius 3 is 0.692 bits per heavy atom. The van der Waals surface area contributed by atoms with Crippen LogP contribution < -0.4 is 113 Å². The van der Waals surface area contributed by atoms with E-state index in [0.717, 1.165) is 38.5 Å². The SMILES string of the molecule is O=C([O-])CCCCCCCCCCCCCCCCCCC(=O)[O-].[K+].[K+]. The molecule has 0 spiro atoms. The molecule has 0 N–H and O–H groups in total. The molecule has 4 nitrogen and oxygen atoms in total. The van der Waals surface area contributed by atoms with Crippen LogP contribution in [0.25, 0.3) is 0 Å². The van der Waals surface area contributed by atoms with E-state index < -0.39 is 11.9 Å². The van der Waals surface area contributed by atoms with Crippen LogP contribution in [-0.4, -0.2) is 11.9 Å². The van der Waals surface area contributed by atoms with Gasteiger partial charge in [0.15, 0.2) is 0 Å². The smallest absolute Gasteiger partial charge is 0.550 e. The van der Waals surface area contributed by atoms with Crippen LogP contribution in [0.4, 0.5) is 0 Å². The molecule has 0 atom stereocenters. The zero-order valence-corrected chi connectivity index (χ0v) is 23.6. The van der Waals surface area contributed by atoms with E-state index in [0.29, 0.717) is 0 Å². The zero-order valence-electron chi connectivity index (χ0n) is 17.4. The van der Waals surface area contributed by atoms with Crippen molar-refractivity contribution >= 4 is 11.9 Å². The molecular weight excluding hydrogens is 382 g/mol. The zero-order chi connectivity index (χ0) is 17.9. The predicted octanol–water partition coefficient (Wildman–Crippen LogP) is -2.48. The van der Waals surface area contributed by atoms with Gasteiger partial charge in [-0.2, -0.15) is 0 Å². The number of hydrogen-bond donors (Lipinski definition) is 0. The van der Waals surface area contributed by atoms with E-state index in [2.05, 4.69) is 0 Å². The van der Waals surface area contributed by atoms with Crippen molar-refractivity contribution in [1.82, 2.24) is 0 Å². The first-order chi connectivity index (χ1) is 11.6. The van der Waals surface area contributed by atoms with Crippen LogP contribution >= 0.6 is 0 Å². The quantitative estimate of drug-likeness (QED) is 0.172. The molecule has 0 saturated carbocycles. The van der Waals surface area contributed by atoms with E-state index in [4.69, 9.17) is 0 Å². The van der Waals surface area contributed by atoms with Crippen molar-refractivity contribution in [3.63, 3.8) is 0 Å². The second kappa shape index (κ2) is 27.2.